The van der Waals surface area contributed by atoms with Gasteiger partial charge in [0.2, 0.25) is 0 Å². The Morgan fingerprint density at radius 1 is 0.286 bits per heavy atom. The number of rotatable bonds is 8. The summed E-state index contributed by atoms with van der Waals surface area (Å²) in [4.78, 5) is 9.69. The lowest BCUT2D eigenvalue weighted by atomic mass is 9.30. The molecule has 0 bridgehead atoms. The predicted molar refractivity (Wildman–Crippen MR) is 355 cm³/mol. The fourth-order valence-electron chi connectivity index (χ4n) is 14.2. The van der Waals surface area contributed by atoms with Crippen molar-refractivity contribution in [3.63, 3.8) is 0 Å². The third kappa shape index (κ3) is 7.73. The smallest absolute Gasteiger partial charge is 0.252 e. The number of hydrogen-bond acceptors (Lipinski definition) is 6. The highest BCUT2D eigenvalue weighted by atomic mass is 16.5. The maximum Gasteiger partial charge on any atom is 0.252 e. The molecular formula is C76H64B2N4O2. The van der Waals surface area contributed by atoms with Crippen molar-refractivity contribution in [3.05, 3.63) is 262 Å². The van der Waals surface area contributed by atoms with Gasteiger partial charge < -0.3 is 29.1 Å². The molecule has 8 heteroatoms. The van der Waals surface area contributed by atoms with E-state index in [0.717, 1.165) is 134 Å². The van der Waals surface area contributed by atoms with Crippen molar-refractivity contribution in [3.8, 4) is 23.0 Å². The maximum absolute atomic E-state index is 9.00. The summed E-state index contributed by atoms with van der Waals surface area (Å²) in [5, 5.41) is 0. The van der Waals surface area contributed by atoms with E-state index < -0.39 is 0 Å². The van der Waals surface area contributed by atoms with Crippen molar-refractivity contribution >= 4 is 114 Å². The van der Waals surface area contributed by atoms with Gasteiger partial charge in [0.25, 0.3) is 13.4 Å². The molecule has 15 rings (SSSR count). The SMILES string of the molecule is [2H]c1c([2H])c(C)c(Oc2cc3c4c(c2)N(c2c(C)cccc2C)c2ccccc2B4c2cc4c(cc2N3c2ccccc2C)N(c2ccccc2C)c2cc(Oc3c(C)c([2H])c([2H])c([2H])c3C)cc3c2B4c2ccccc2N3c2c(C)cccc2C)c(C)c1[2H]. The van der Waals surface area contributed by atoms with E-state index >= 15 is 0 Å². The number of hydrogen-bond donors (Lipinski definition) is 0. The molecule has 0 unspecified atom stereocenters. The number of fused-ring (bicyclic) bond motifs is 8. The average Bonchev–Trinajstić information content (AvgIpc) is 0.687. The maximum atomic E-state index is 9.00. The molecule has 4 aliphatic heterocycles. The highest BCUT2D eigenvalue weighted by Crippen LogP contribution is 2.53. The molecule has 0 fully saturated rings. The van der Waals surface area contributed by atoms with Crippen LogP contribution in [0.25, 0.3) is 0 Å². The van der Waals surface area contributed by atoms with Gasteiger partial charge in [0.1, 0.15) is 23.0 Å². The molecule has 0 aromatic heterocycles. The molecule has 11 aromatic rings. The lowest BCUT2D eigenvalue weighted by Crippen LogP contribution is -2.65. The molecule has 0 saturated carbocycles. The van der Waals surface area contributed by atoms with Gasteiger partial charge in [-0.25, -0.2) is 0 Å². The van der Waals surface area contributed by atoms with Crippen molar-refractivity contribution in [2.75, 3.05) is 19.6 Å². The first-order chi connectivity index (χ1) is 43.3. The monoisotopic (exact) mass is 1090 g/mol. The van der Waals surface area contributed by atoms with Gasteiger partial charge in [-0.1, -0.05) is 152 Å². The van der Waals surface area contributed by atoms with Crippen LogP contribution in [0, 0.1) is 69.2 Å². The summed E-state index contributed by atoms with van der Waals surface area (Å²) in [6.45, 7) is 19.7. The second-order valence-electron chi connectivity index (χ2n) is 23.2. The summed E-state index contributed by atoms with van der Waals surface area (Å²) in [5.74, 6) is 1.85. The summed E-state index contributed by atoms with van der Waals surface area (Å²) in [6.07, 6.45) is 0. The predicted octanol–water partition coefficient (Wildman–Crippen LogP) is 16.5. The number of para-hydroxylation sites is 8. The minimum Gasteiger partial charge on any atom is -0.457 e. The van der Waals surface area contributed by atoms with Gasteiger partial charge in [0.15, 0.2) is 0 Å². The molecule has 4 aliphatic rings. The molecule has 0 saturated heterocycles. The number of benzene rings is 11. The number of ether oxygens (including phenoxy) is 2. The van der Waals surface area contributed by atoms with Gasteiger partial charge in [-0.2, -0.15) is 0 Å². The van der Waals surface area contributed by atoms with Gasteiger partial charge >= 0.3 is 0 Å². The summed E-state index contributed by atoms with van der Waals surface area (Å²) < 4.78 is 67.8. The van der Waals surface area contributed by atoms with Crippen LogP contribution in [0.3, 0.4) is 0 Å². The van der Waals surface area contributed by atoms with E-state index in [1.165, 1.54) is 0 Å². The van der Waals surface area contributed by atoms with Gasteiger partial charge in [0.05, 0.1) is 19.6 Å². The Morgan fingerprint density at radius 2 is 0.607 bits per heavy atom. The third-order valence-electron chi connectivity index (χ3n) is 17.9. The second-order valence-corrected chi connectivity index (χ2v) is 23.2. The molecule has 4 heterocycles. The Kier molecular flexibility index (Phi) is 10.4. The van der Waals surface area contributed by atoms with E-state index in [-0.39, 0.29) is 49.7 Å². The minimum atomic E-state index is -0.300. The summed E-state index contributed by atoms with van der Waals surface area (Å²) in [7, 11) is 0. The van der Waals surface area contributed by atoms with Crippen LogP contribution in [0.5, 0.6) is 23.0 Å². The molecule has 0 atom stereocenters. The van der Waals surface area contributed by atoms with Crippen LogP contribution in [0.4, 0.5) is 68.2 Å². The van der Waals surface area contributed by atoms with Crippen LogP contribution in [0.1, 0.15) is 63.9 Å². The molecule has 0 amide bonds. The van der Waals surface area contributed by atoms with E-state index in [2.05, 4.69) is 231 Å². The minimum absolute atomic E-state index is 0.0347. The zero-order valence-corrected chi connectivity index (χ0v) is 48.9. The molecule has 84 heavy (non-hydrogen) atoms. The van der Waals surface area contributed by atoms with Crippen LogP contribution in [-0.4, -0.2) is 13.4 Å². The lowest BCUT2D eigenvalue weighted by molar-refractivity contribution is 0.475. The first kappa shape index (κ1) is 44.9. The van der Waals surface area contributed by atoms with Gasteiger partial charge in [-0.05, 0) is 188 Å². The Labute approximate surface area is 503 Å². The quantitative estimate of drug-likeness (QED) is 0.141. The molecule has 0 aliphatic carbocycles. The van der Waals surface area contributed by atoms with Crippen molar-refractivity contribution < 1.29 is 17.7 Å². The summed E-state index contributed by atoms with van der Waals surface area (Å²) in [5.41, 5.74) is 27.2. The standard InChI is InChI=1S/C76H64B2N4O2/c1-45-23-11-15-35-61(45)79-65-44-66-60(43-59(65)77-57-33-13-17-37-63(57)81(73-47(3)25-19-26-48(73)4)69-41-55(39-67(79)71(69)77)83-75-51(7)29-21-30-52(75)8)78-58-34-14-18-38-64(58)82(74-49(5)27-20-28-50(74)6)70-42-56(84-76-53(9)31-22-32-54(76)10)40-68(72(70)78)80(66)62-36-16-12-24-46(62)2/h11-44H,1-10H3/i21D,22D,29D,30D,31D,32D. The molecule has 406 valence electrons. The zero-order chi connectivity index (χ0) is 62.6. The van der Waals surface area contributed by atoms with Crippen LogP contribution >= 0.6 is 0 Å². The first-order valence-electron chi connectivity index (χ1n) is 32.0. The molecule has 0 N–H and O–H groups in total. The van der Waals surface area contributed by atoms with Gasteiger partial charge in [-0.15, -0.1) is 0 Å². The zero-order valence-electron chi connectivity index (χ0n) is 54.9. The second kappa shape index (κ2) is 19.5. The highest BCUT2D eigenvalue weighted by Gasteiger charge is 2.49. The van der Waals surface area contributed by atoms with Crippen molar-refractivity contribution in [1.29, 1.82) is 0 Å². The van der Waals surface area contributed by atoms with E-state index in [1.54, 1.807) is 27.7 Å². The molecule has 0 spiro atoms. The Balaban J connectivity index is 1.08. The van der Waals surface area contributed by atoms with Crippen LogP contribution in [0.15, 0.2) is 206 Å². The number of nitrogens with zero attached hydrogens (tertiary/aromatic N) is 4. The third-order valence-corrected chi connectivity index (χ3v) is 17.9. The normalized spacial score (nSPS) is 14.2. The Bertz CT molecular complexity index is 4550. The van der Waals surface area contributed by atoms with Crippen LogP contribution in [-0.2, 0) is 0 Å². The van der Waals surface area contributed by atoms with E-state index in [4.69, 9.17) is 17.7 Å². The topological polar surface area (TPSA) is 31.4 Å². The highest BCUT2D eigenvalue weighted by molar-refractivity contribution is 7.03. The fraction of sp³-hybridized carbons (Fsp3) is 0.132. The van der Waals surface area contributed by atoms with E-state index in [0.29, 0.717) is 45.3 Å². The van der Waals surface area contributed by atoms with Crippen molar-refractivity contribution in [2.24, 2.45) is 0 Å². The molecule has 0 radical (unpaired) electrons. The van der Waals surface area contributed by atoms with E-state index in [1.807, 2.05) is 0 Å². The largest absolute Gasteiger partial charge is 0.457 e. The van der Waals surface area contributed by atoms with Crippen LogP contribution in [0.2, 0.25) is 0 Å². The molecular weight excluding hydrogens is 1020 g/mol. The van der Waals surface area contributed by atoms with Gasteiger partial charge in [0, 0.05) is 81.1 Å². The van der Waals surface area contributed by atoms with Crippen molar-refractivity contribution in [1.82, 2.24) is 0 Å². The number of anilines is 12. The molecule has 6 nitrogen and oxygen atoms in total. The van der Waals surface area contributed by atoms with Crippen LogP contribution < -0.4 is 61.9 Å². The first-order valence-corrected chi connectivity index (χ1v) is 29.0. The molecule has 11 aromatic carbocycles. The Hall–Kier alpha value is -9.65. The Morgan fingerprint density at radius 3 is 0.976 bits per heavy atom. The summed E-state index contributed by atoms with van der Waals surface area (Å²) >= 11 is 0. The summed E-state index contributed by atoms with van der Waals surface area (Å²) in [6, 6.07) is 60.8. The average molecular weight is 1090 g/mol. The number of aryl methyl sites for hydroxylation is 6. The lowest BCUT2D eigenvalue weighted by Gasteiger charge is -2.48. The van der Waals surface area contributed by atoms with Crippen molar-refractivity contribution in [2.45, 2.75) is 69.2 Å². The fourth-order valence-corrected chi connectivity index (χ4v) is 14.2. The van der Waals surface area contributed by atoms with E-state index in [9.17, 15) is 0 Å². The van der Waals surface area contributed by atoms with Gasteiger partial charge in [-0.3, -0.25) is 0 Å².